The van der Waals surface area contributed by atoms with Crippen molar-refractivity contribution in [2.24, 2.45) is 5.41 Å². The number of ether oxygens (including phenoxy) is 6. The Hall–Kier alpha value is -7.70. The van der Waals surface area contributed by atoms with E-state index in [9.17, 15) is 38.4 Å². The van der Waals surface area contributed by atoms with Gasteiger partial charge in [0.2, 0.25) is 11.6 Å². The van der Waals surface area contributed by atoms with Gasteiger partial charge in [-0.2, -0.15) is 0 Å². The molecule has 2 saturated heterocycles. The van der Waals surface area contributed by atoms with E-state index in [4.69, 9.17) is 28.4 Å². The van der Waals surface area contributed by atoms with Gasteiger partial charge < -0.3 is 48.9 Å². The Morgan fingerprint density at radius 3 is 1.43 bits per heavy atom. The zero-order chi connectivity index (χ0) is 56.4. The summed E-state index contributed by atoms with van der Waals surface area (Å²) in [5.74, 6) is -4.68. The number of likely N-dealkylation sites (tertiary alicyclic amines) is 2. The molecule has 4 aromatic carbocycles. The lowest BCUT2D eigenvalue weighted by molar-refractivity contribution is -0.165. The zero-order valence-electron chi connectivity index (χ0n) is 45.3. The van der Waals surface area contributed by atoms with Crippen LogP contribution in [0, 0.1) is 5.41 Å². The topological polar surface area (TPSA) is 222 Å². The number of nitrogens with zero attached hydrogens (tertiary/aromatic N) is 2. The van der Waals surface area contributed by atoms with Gasteiger partial charge in [-0.15, -0.1) is 0 Å². The normalized spacial score (nSPS) is 16.1. The Morgan fingerprint density at radius 1 is 0.557 bits per heavy atom. The molecule has 2 aliphatic heterocycles. The Morgan fingerprint density at radius 2 is 0.975 bits per heavy atom. The van der Waals surface area contributed by atoms with Crippen LogP contribution in [0.3, 0.4) is 0 Å². The first-order chi connectivity index (χ1) is 38.2. The number of nitrogens with one attached hydrogen (secondary N) is 2. The second-order valence-corrected chi connectivity index (χ2v) is 20.1. The van der Waals surface area contributed by atoms with Gasteiger partial charge in [0.05, 0.1) is 31.8 Å². The number of hydrogen-bond donors (Lipinski definition) is 2. The summed E-state index contributed by atoms with van der Waals surface area (Å²) in [6.45, 7) is 6.75. The van der Waals surface area contributed by atoms with Crippen LogP contribution in [0.4, 0.5) is 9.59 Å². The van der Waals surface area contributed by atoms with Gasteiger partial charge in [0, 0.05) is 31.8 Å². The number of Topliss-reactive ketones (excluding diaryl/α,β-unsaturated/α-hetero) is 2. The van der Waals surface area contributed by atoms with E-state index in [1.807, 2.05) is 121 Å². The van der Waals surface area contributed by atoms with Crippen LogP contribution in [0.2, 0.25) is 0 Å². The molecule has 4 atom stereocenters. The van der Waals surface area contributed by atoms with Gasteiger partial charge in [0.15, 0.2) is 0 Å². The highest BCUT2D eigenvalue weighted by atomic mass is 16.6. The third kappa shape index (κ3) is 19.3. The van der Waals surface area contributed by atoms with Crippen molar-refractivity contribution in [3.63, 3.8) is 0 Å². The first-order valence-corrected chi connectivity index (χ1v) is 27.2. The minimum atomic E-state index is -1.40. The molecule has 18 heteroatoms. The summed E-state index contributed by atoms with van der Waals surface area (Å²) >= 11 is 0. The van der Waals surface area contributed by atoms with Gasteiger partial charge >= 0.3 is 24.1 Å². The second-order valence-electron chi connectivity index (χ2n) is 20.1. The lowest BCUT2D eigenvalue weighted by Crippen LogP contribution is -2.54. The summed E-state index contributed by atoms with van der Waals surface area (Å²) in [5.41, 5.74) is 2.20. The molecule has 4 aromatic rings. The highest BCUT2D eigenvalue weighted by molar-refractivity contribution is 6.42. The van der Waals surface area contributed by atoms with Crippen LogP contribution in [0.5, 0.6) is 0 Å². The number of alkyl carbamates (subject to hydrolysis) is 2. The summed E-state index contributed by atoms with van der Waals surface area (Å²) in [5, 5.41) is 5.02. The molecule has 0 aliphatic carbocycles. The number of rotatable bonds is 29. The van der Waals surface area contributed by atoms with Gasteiger partial charge in [-0.1, -0.05) is 128 Å². The molecule has 2 fully saturated rings. The number of piperidine rings is 2. The molecule has 18 nitrogen and oxygen atoms in total. The number of hydrogen-bond acceptors (Lipinski definition) is 14. The fraction of sp³-hybridized carbons (Fsp3) is 0.443. The third-order valence-electron chi connectivity index (χ3n) is 13.7. The molecular weight excluding hydrogens is 1010 g/mol. The monoisotopic (exact) mass is 1090 g/mol. The van der Waals surface area contributed by atoms with Crippen LogP contribution >= 0.6 is 0 Å². The van der Waals surface area contributed by atoms with Gasteiger partial charge in [0.25, 0.3) is 11.8 Å². The molecule has 2 N–H and O–H groups in total. The molecule has 4 amide bonds. The molecule has 0 aromatic heterocycles. The van der Waals surface area contributed by atoms with Crippen molar-refractivity contribution in [3.05, 3.63) is 156 Å². The number of carbonyl (C=O) groups excluding carboxylic acids is 8. The van der Waals surface area contributed by atoms with E-state index in [1.165, 1.54) is 23.6 Å². The van der Waals surface area contributed by atoms with Crippen molar-refractivity contribution >= 4 is 47.5 Å². The molecule has 79 heavy (non-hydrogen) atoms. The molecule has 0 spiro atoms. The number of benzene rings is 4. The number of esters is 2. The van der Waals surface area contributed by atoms with Crippen molar-refractivity contribution < 1.29 is 66.8 Å². The standard InChI is InChI=1S/C61H74N4O14/c1-44(53(66)55(68)64-36-18-16-28-49(64)57(70)78-51(47-24-12-6-13-25-47)32-30-45-20-8-4-9-21-45)42-76-59(72)62-34-38-74-40-41-75-39-35-63-60(73)77-43-61(2,3)54(67)56(69)65-37-19-17-29-50(65)58(71)79-52(48-26-14-7-15-27-48)33-31-46-22-10-5-11-23-46/h4-15,20-27,49-52H,1,16-19,28-43H2,2-3H3,(H,62,72)(H,63,73)/t49?,50?,51-,52+/m1/s1. The van der Waals surface area contributed by atoms with Crippen molar-refractivity contribution in [2.75, 3.05) is 65.8 Å². The predicted octanol–water partition coefficient (Wildman–Crippen LogP) is 7.79. The molecule has 0 radical (unpaired) electrons. The Kier molecular flexibility index (Phi) is 24.2. The SMILES string of the molecule is C=C(COC(=O)NCCOCCOCCNC(=O)OCC(C)(C)C(=O)C(=O)N1CCCCC1C(=O)O[C@@H](CCc1ccccc1)c1ccccc1)C(=O)C(=O)N1CCCCC1C(=O)O[C@H](CCc1ccccc1)c1ccccc1. The lowest BCUT2D eigenvalue weighted by Gasteiger charge is -2.36. The maximum Gasteiger partial charge on any atom is 0.407 e. The zero-order valence-corrected chi connectivity index (χ0v) is 45.3. The number of ketones is 2. The highest BCUT2D eigenvalue weighted by Crippen LogP contribution is 2.30. The minimum Gasteiger partial charge on any atom is -0.456 e. The van der Waals surface area contributed by atoms with Gasteiger partial charge in [-0.3, -0.25) is 19.2 Å². The maximum absolute atomic E-state index is 13.8. The molecule has 422 valence electrons. The van der Waals surface area contributed by atoms with E-state index in [1.54, 1.807) is 0 Å². The summed E-state index contributed by atoms with van der Waals surface area (Å²) in [4.78, 5) is 109. The van der Waals surface area contributed by atoms with Crippen molar-refractivity contribution in [1.29, 1.82) is 0 Å². The first-order valence-electron chi connectivity index (χ1n) is 27.2. The van der Waals surface area contributed by atoms with E-state index >= 15 is 0 Å². The van der Waals surface area contributed by atoms with Crippen molar-refractivity contribution in [3.8, 4) is 0 Å². The van der Waals surface area contributed by atoms with Crippen LogP contribution in [0.1, 0.15) is 99.7 Å². The fourth-order valence-electron chi connectivity index (χ4n) is 9.19. The Bertz CT molecular complexity index is 2640. The third-order valence-corrected chi connectivity index (χ3v) is 13.7. The van der Waals surface area contributed by atoms with E-state index in [0.29, 0.717) is 64.2 Å². The summed E-state index contributed by atoms with van der Waals surface area (Å²) in [7, 11) is 0. The second kappa shape index (κ2) is 31.6. The smallest absolute Gasteiger partial charge is 0.407 e. The average molecular weight is 1090 g/mol. The largest absolute Gasteiger partial charge is 0.456 e. The maximum atomic E-state index is 13.8. The van der Waals surface area contributed by atoms with Crippen LogP contribution in [-0.4, -0.2) is 135 Å². The summed E-state index contributed by atoms with van der Waals surface area (Å²) in [6.07, 6.45) is 2.85. The van der Waals surface area contributed by atoms with Gasteiger partial charge in [-0.25, -0.2) is 19.2 Å². The summed E-state index contributed by atoms with van der Waals surface area (Å²) < 4.78 is 33.5. The average Bonchev–Trinajstić information content (AvgIpc) is 3.51. The molecule has 2 unspecified atom stereocenters. The van der Waals surface area contributed by atoms with E-state index in [-0.39, 0.29) is 58.2 Å². The molecule has 0 bridgehead atoms. The molecule has 2 heterocycles. The highest BCUT2D eigenvalue weighted by Gasteiger charge is 2.43. The summed E-state index contributed by atoms with van der Waals surface area (Å²) in [6, 6.07) is 36.7. The number of amides is 4. The number of carbonyl (C=O) groups is 8. The predicted molar refractivity (Wildman–Crippen MR) is 292 cm³/mol. The molecule has 0 saturated carbocycles. The van der Waals surface area contributed by atoms with Crippen LogP contribution in [-0.2, 0) is 70.0 Å². The van der Waals surface area contributed by atoms with Crippen LogP contribution in [0.15, 0.2) is 133 Å². The van der Waals surface area contributed by atoms with Gasteiger partial charge in [0.1, 0.15) is 37.5 Å². The Labute approximate surface area is 462 Å². The van der Waals surface area contributed by atoms with Crippen molar-refractivity contribution in [1.82, 2.24) is 20.4 Å². The van der Waals surface area contributed by atoms with Gasteiger partial charge in [-0.05, 0) is 100 Å². The Balaban J connectivity index is 0.818. The number of aryl methyl sites for hydroxylation is 2. The molecular formula is C61H74N4O14. The van der Waals surface area contributed by atoms with Crippen LogP contribution in [0.25, 0.3) is 0 Å². The van der Waals surface area contributed by atoms with E-state index in [2.05, 4.69) is 17.2 Å². The minimum absolute atomic E-state index is 0.0544. The molecule has 2 aliphatic rings. The van der Waals surface area contributed by atoms with E-state index < -0.39 is 90.4 Å². The molecule has 6 rings (SSSR count). The lowest BCUT2D eigenvalue weighted by atomic mass is 9.87. The van der Waals surface area contributed by atoms with Crippen LogP contribution < -0.4 is 10.6 Å². The quantitative estimate of drug-likeness (QED) is 0.0174. The first kappa shape index (κ1) is 60.5. The van der Waals surface area contributed by atoms with E-state index in [0.717, 1.165) is 22.3 Å². The van der Waals surface area contributed by atoms with Crippen molar-refractivity contribution in [2.45, 2.75) is 102 Å². The fourth-order valence-corrected chi connectivity index (χ4v) is 9.19.